The molecule has 0 radical (unpaired) electrons. The Hall–Kier alpha value is -0.483. The van der Waals surface area contributed by atoms with Crippen molar-refractivity contribution < 1.29 is 27.4 Å². The van der Waals surface area contributed by atoms with Gasteiger partial charge in [0.1, 0.15) is 18.7 Å². The summed E-state index contributed by atoms with van der Waals surface area (Å²) in [5.74, 6) is -0.206. The highest BCUT2D eigenvalue weighted by molar-refractivity contribution is 8.93. The predicted octanol–water partition coefficient (Wildman–Crippen LogP) is 2.31. The summed E-state index contributed by atoms with van der Waals surface area (Å²) in [6.45, 7) is 12.0. The van der Waals surface area contributed by atoms with Crippen molar-refractivity contribution in [2.45, 2.75) is 58.2 Å². The number of nitrogens with zero attached hydrogens (tertiary/aromatic N) is 2. The van der Waals surface area contributed by atoms with Crippen LogP contribution in [-0.4, -0.2) is 82.7 Å². The van der Waals surface area contributed by atoms with E-state index in [1.54, 1.807) is 21.3 Å². The predicted molar refractivity (Wildman–Crippen MR) is 109 cm³/mol. The molecule has 26 heavy (non-hydrogen) atoms. The molecule has 154 valence electrons. The summed E-state index contributed by atoms with van der Waals surface area (Å²) in [7, 11) is 2.38. The van der Waals surface area contributed by atoms with E-state index in [4.69, 9.17) is 18.0 Å². The molecule has 0 N–H and O–H groups in total. The maximum atomic E-state index is 12.5. The molecular weight excluding hydrogens is 420 g/mol. The van der Waals surface area contributed by atoms with Gasteiger partial charge in [-0.25, -0.2) is 9.69 Å². The molecule has 1 aliphatic heterocycles. The molecule has 1 rings (SSSR count). The molecule has 0 saturated carbocycles. The maximum Gasteiger partial charge on any atom is 0.500 e. The van der Waals surface area contributed by atoms with Crippen LogP contribution in [0.5, 0.6) is 0 Å². The molecule has 7 nitrogen and oxygen atoms in total. The van der Waals surface area contributed by atoms with Gasteiger partial charge in [0.25, 0.3) is 0 Å². The minimum absolute atomic E-state index is 0. The zero-order valence-electron chi connectivity index (χ0n) is 17.5. The third-order valence-electron chi connectivity index (χ3n) is 4.41. The molecule has 0 aromatic rings. The van der Waals surface area contributed by atoms with E-state index in [-0.39, 0.29) is 23.0 Å². The fourth-order valence-electron chi connectivity index (χ4n) is 2.72. The largest absolute Gasteiger partial charge is 0.500 e. The Balaban J connectivity index is 0.00000625. The smallest absolute Gasteiger partial charge is 0.457 e. The number of carbonyl (C=O) groups is 1. The molecular formula is C17H36BrN2O5Si+. The van der Waals surface area contributed by atoms with E-state index in [9.17, 15) is 4.79 Å². The number of hydrogen-bond donors (Lipinski definition) is 0. The Bertz CT molecular complexity index is 482. The fourth-order valence-corrected chi connectivity index (χ4v) is 4.42. The Morgan fingerprint density at radius 3 is 2.12 bits per heavy atom. The van der Waals surface area contributed by atoms with E-state index in [0.717, 1.165) is 32.1 Å². The minimum atomic E-state index is -2.52. The Morgan fingerprint density at radius 1 is 1.12 bits per heavy atom. The monoisotopic (exact) mass is 455 g/mol. The van der Waals surface area contributed by atoms with Gasteiger partial charge in [0.2, 0.25) is 6.34 Å². The number of halogens is 1. The highest BCUT2D eigenvalue weighted by Crippen LogP contribution is 2.21. The van der Waals surface area contributed by atoms with Gasteiger partial charge >= 0.3 is 14.8 Å². The number of hydrogen-bond acceptors (Lipinski definition) is 6. The summed E-state index contributed by atoms with van der Waals surface area (Å²) in [6, 6.07) is 0.760. The van der Waals surface area contributed by atoms with Crippen LogP contribution in [0.15, 0.2) is 0 Å². The van der Waals surface area contributed by atoms with E-state index in [2.05, 4.69) is 9.48 Å². The van der Waals surface area contributed by atoms with Crippen LogP contribution in [0.4, 0.5) is 0 Å². The van der Waals surface area contributed by atoms with Gasteiger partial charge in [-0.2, -0.15) is 0 Å². The molecule has 0 aromatic heterocycles. The number of ether oxygens (including phenoxy) is 1. The first-order chi connectivity index (χ1) is 11.5. The quantitative estimate of drug-likeness (QED) is 0.302. The lowest BCUT2D eigenvalue weighted by Gasteiger charge is -2.30. The summed E-state index contributed by atoms with van der Waals surface area (Å²) < 4.78 is 24.1. The van der Waals surface area contributed by atoms with Crippen molar-refractivity contribution in [2.75, 3.05) is 41.0 Å². The number of esters is 1. The second-order valence-corrected chi connectivity index (χ2v) is 10.9. The van der Waals surface area contributed by atoms with Crippen LogP contribution < -0.4 is 0 Å². The molecule has 1 heterocycles. The van der Waals surface area contributed by atoms with Gasteiger partial charge in [-0.05, 0) is 41.0 Å². The topological polar surface area (TPSA) is 60.2 Å². The van der Waals surface area contributed by atoms with E-state index in [1.807, 2.05) is 41.0 Å². The van der Waals surface area contributed by atoms with Gasteiger partial charge < -0.3 is 18.0 Å². The van der Waals surface area contributed by atoms with Gasteiger partial charge in [-0.1, -0.05) is 0 Å². The van der Waals surface area contributed by atoms with Crippen LogP contribution in [-0.2, 0) is 22.8 Å². The van der Waals surface area contributed by atoms with E-state index in [0.29, 0.717) is 0 Å². The van der Waals surface area contributed by atoms with Crippen LogP contribution in [0.1, 0.15) is 41.0 Å². The van der Waals surface area contributed by atoms with Gasteiger partial charge in [0, 0.05) is 27.4 Å². The molecule has 0 bridgehead atoms. The Kier molecular flexibility index (Phi) is 9.98. The number of rotatable bonds is 9. The van der Waals surface area contributed by atoms with Crippen molar-refractivity contribution in [3.05, 3.63) is 0 Å². The molecule has 0 atom stereocenters. The Morgan fingerprint density at radius 2 is 1.65 bits per heavy atom. The number of carbonyl (C=O) groups excluding carboxylic acids is 1. The van der Waals surface area contributed by atoms with Gasteiger partial charge in [0.05, 0.1) is 6.54 Å². The first-order valence-corrected chi connectivity index (χ1v) is 10.7. The normalized spacial score (nSPS) is 15.5. The van der Waals surface area contributed by atoms with Crippen molar-refractivity contribution in [1.29, 1.82) is 0 Å². The molecule has 0 aromatic carbocycles. The Labute approximate surface area is 169 Å². The molecule has 0 aliphatic carbocycles. The lowest BCUT2D eigenvalue weighted by molar-refractivity contribution is -0.513. The van der Waals surface area contributed by atoms with Crippen LogP contribution in [0.3, 0.4) is 0 Å². The van der Waals surface area contributed by atoms with Gasteiger partial charge in [0.15, 0.2) is 5.54 Å². The molecule has 0 spiro atoms. The summed E-state index contributed by atoms with van der Waals surface area (Å²) in [5, 5.41) is 0. The molecule has 0 saturated heterocycles. The molecule has 9 heteroatoms. The van der Waals surface area contributed by atoms with Crippen LogP contribution in [0.2, 0.25) is 6.04 Å². The van der Waals surface area contributed by atoms with Crippen molar-refractivity contribution in [2.24, 2.45) is 0 Å². The van der Waals surface area contributed by atoms with Crippen molar-refractivity contribution in [3.63, 3.8) is 0 Å². The highest BCUT2D eigenvalue weighted by Gasteiger charge is 2.44. The summed E-state index contributed by atoms with van der Waals surface area (Å²) in [4.78, 5) is 14.5. The first-order valence-electron chi connectivity index (χ1n) is 8.74. The summed E-state index contributed by atoms with van der Waals surface area (Å²) in [5.41, 5.74) is -1.17. The minimum Gasteiger partial charge on any atom is -0.457 e. The van der Waals surface area contributed by atoms with E-state index in [1.165, 1.54) is 0 Å². The third kappa shape index (κ3) is 6.92. The zero-order chi connectivity index (χ0) is 19.3. The molecule has 0 fully saturated rings. The maximum absolute atomic E-state index is 12.5. The van der Waals surface area contributed by atoms with E-state index < -0.39 is 19.9 Å². The van der Waals surface area contributed by atoms with Crippen molar-refractivity contribution >= 4 is 38.1 Å². The SMILES string of the molecule is Br.CO[Si](CCC[N+]1=CN(C(C)(C)C(=O)OC(C)(C)C)CC1)(OC)OC. The highest BCUT2D eigenvalue weighted by atomic mass is 79.9. The lowest BCUT2D eigenvalue weighted by Crippen LogP contribution is -2.51. The van der Waals surface area contributed by atoms with Crippen LogP contribution in [0, 0.1) is 0 Å². The molecule has 1 aliphatic rings. The van der Waals surface area contributed by atoms with Crippen molar-refractivity contribution in [3.8, 4) is 0 Å². The first kappa shape index (κ1) is 25.5. The van der Waals surface area contributed by atoms with Crippen molar-refractivity contribution in [1.82, 2.24) is 4.90 Å². The van der Waals surface area contributed by atoms with Gasteiger partial charge in [-0.15, -0.1) is 17.0 Å². The lowest BCUT2D eigenvalue weighted by atomic mass is 10.0. The van der Waals surface area contributed by atoms with Crippen LogP contribution in [0.25, 0.3) is 0 Å². The fraction of sp³-hybridized carbons (Fsp3) is 0.882. The molecule has 0 amide bonds. The average Bonchev–Trinajstić information content (AvgIpc) is 3.00. The summed E-state index contributed by atoms with van der Waals surface area (Å²) in [6.07, 6.45) is 2.93. The average molecular weight is 456 g/mol. The standard InChI is InChI=1S/C17H35N2O5Si.BrH/c1-16(2,3)24-15(20)17(4,5)19-12-11-18(14-19)10-9-13-25(21-6,22-7)23-8;/h14H,9-13H2,1-8H3;1H/q+1;. The third-order valence-corrected chi connectivity index (χ3v) is 7.24. The van der Waals surface area contributed by atoms with Gasteiger partial charge in [-0.3, -0.25) is 4.58 Å². The van der Waals surface area contributed by atoms with Crippen LogP contribution >= 0.6 is 17.0 Å². The second kappa shape index (κ2) is 10.2. The molecule has 0 unspecified atom stereocenters. The summed E-state index contributed by atoms with van der Waals surface area (Å²) >= 11 is 0. The second-order valence-electron chi connectivity index (χ2n) is 7.80. The zero-order valence-corrected chi connectivity index (χ0v) is 20.2. The van der Waals surface area contributed by atoms with E-state index >= 15 is 0 Å².